The van der Waals surface area contributed by atoms with E-state index >= 15 is 0 Å². The Balaban J connectivity index is 1.42. The number of benzene rings is 1. The van der Waals surface area contributed by atoms with Crippen LogP contribution in [0, 0.1) is 6.92 Å². The van der Waals surface area contributed by atoms with Gasteiger partial charge in [0.1, 0.15) is 12.4 Å². The summed E-state index contributed by atoms with van der Waals surface area (Å²) in [4.78, 5) is 6.92. The average molecular weight is 376 g/mol. The van der Waals surface area contributed by atoms with Crippen molar-refractivity contribution in [1.29, 1.82) is 0 Å². The van der Waals surface area contributed by atoms with Crippen LogP contribution in [0.3, 0.4) is 0 Å². The van der Waals surface area contributed by atoms with E-state index in [0.29, 0.717) is 6.61 Å². The third kappa shape index (κ3) is 5.51. The van der Waals surface area contributed by atoms with Gasteiger partial charge in [-0.1, -0.05) is 12.1 Å². The van der Waals surface area contributed by atoms with Crippen LogP contribution in [-0.2, 0) is 17.9 Å². The molecule has 6 heteroatoms. The van der Waals surface area contributed by atoms with E-state index in [4.69, 9.17) is 9.47 Å². The molecule has 1 aliphatic heterocycles. The molecule has 0 spiro atoms. The zero-order chi connectivity index (χ0) is 18.4. The van der Waals surface area contributed by atoms with Crippen molar-refractivity contribution in [3.8, 4) is 5.75 Å². The SMILES string of the molecule is Cc1nc(COc2ccc(CNCC(C)(C)N3CCOCC3)cc2)cs1. The molecule has 0 bridgehead atoms. The van der Waals surface area contributed by atoms with Gasteiger partial charge in [0.05, 0.1) is 23.9 Å². The second-order valence-electron chi connectivity index (χ2n) is 7.31. The molecule has 1 saturated heterocycles. The lowest BCUT2D eigenvalue weighted by Crippen LogP contribution is -2.54. The smallest absolute Gasteiger partial charge is 0.131 e. The molecule has 0 radical (unpaired) electrons. The molecule has 1 aromatic carbocycles. The highest BCUT2D eigenvalue weighted by Crippen LogP contribution is 2.17. The number of ether oxygens (including phenoxy) is 2. The molecule has 5 nitrogen and oxygen atoms in total. The minimum Gasteiger partial charge on any atom is -0.487 e. The summed E-state index contributed by atoms with van der Waals surface area (Å²) in [6, 6.07) is 8.31. The van der Waals surface area contributed by atoms with E-state index < -0.39 is 0 Å². The number of aromatic nitrogens is 1. The average Bonchev–Trinajstić information content (AvgIpc) is 3.07. The zero-order valence-corrected chi connectivity index (χ0v) is 16.8. The Kier molecular flexibility index (Phi) is 6.64. The third-order valence-corrected chi connectivity index (χ3v) is 5.55. The van der Waals surface area contributed by atoms with Gasteiger partial charge in [0.2, 0.25) is 0 Å². The quantitative estimate of drug-likeness (QED) is 0.768. The summed E-state index contributed by atoms with van der Waals surface area (Å²) in [5.41, 5.74) is 2.39. The van der Waals surface area contributed by atoms with E-state index in [-0.39, 0.29) is 5.54 Å². The number of hydrogen-bond donors (Lipinski definition) is 1. The molecule has 0 atom stereocenters. The first-order valence-corrected chi connectivity index (χ1v) is 10.1. The van der Waals surface area contributed by atoms with Crippen molar-refractivity contribution in [3.05, 3.63) is 45.9 Å². The van der Waals surface area contributed by atoms with Crippen molar-refractivity contribution in [1.82, 2.24) is 15.2 Å². The fraction of sp³-hybridized carbons (Fsp3) is 0.550. The summed E-state index contributed by atoms with van der Waals surface area (Å²) < 4.78 is 11.3. The van der Waals surface area contributed by atoms with E-state index in [2.05, 4.69) is 41.2 Å². The van der Waals surface area contributed by atoms with Crippen LogP contribution in [0.25, 0.3) is 0 Å². The highest BCUT2D eigenvalue weighted by molar-refractivity contribution is 7.09. The molecular formula is C20H29N3O2S. The predicted octanol–water partition coefficient (Wildman–Crippen LogP) is 3.23. The summed E-state index contributed by atoms with van der Waals surface area (Å²) in [6.45, 7) is 12.6. The molecule has 26 heavy (non-hydrogen) atoms. The summed E-state index contributed by atoms with van der Waals surface area (Å²) in [5.74, 6) is 0.882. The van der Waals surface area contributed by atoms with Gasteiger partial charge < -0.3 is 14.8 Å². The molecule has 2 heterocycles. The van der Waals surface area contributed by atoms with Crippen LogP contribution in [-0.4, -0.2) is 48.3 Å². The topological polar surface area (TPSA) is 46.6 Å². The fourth-order valence-corrected chi connectivity index (χ4v) is 3.73. The van der Waals surface area contributed by atoms with E-state index in [1.807, 2.05) is 24.4 Å². The summed E-state index contributed by atoms with van der Waals surface area (Å²) >= 11 is 1.65. The monoisotopic (exact) mass is 375 g/mol. The van der Waals surface area contributed by atoms with Gasteiger partial charge in [-0.3, -0.25) is 4.90 Å². The minimum atomic E-state index is 0.137. The van der Waals surface area contributed by atoms with Gasteiger partial charge in [-0.2, -0.15) is 0 Å². The Labute approximate surface area is 160 Å². The van der Waals surface area contributed by atoms with Crippen molar-refractivity contribution in [2.24, 2.45) is 0 Å². The lowest BCUT2D eigenvalue weighted by Gasteiger charge is -2.41. The molecule has 1 N–H and O–H groups in total. The molecule has 0 unspecified atom stereocenters. The lowest BCUT2D eigenvalue weighted by atomic mass is 10.0. The molecule has 3 rings (SSSR count). The molecule has 142 valence electrons. The number of nitrogens with zero attached hydrogens (tertiary/aromatic N) is 2. The number of nitrogens with one attached hydrogen (secondary N) is 1. The second kappa shape index (κ2) is 8.95. The maximum Gasteiger partial charge on any atom is 0.131 e. The van der Waals surface area contributed by atoms with Crippen LogP contribution in [0.2, 0.25) is 0 Å². The van der Waals surface area contributed by atoms with Crippen molar-refractivity contribution in [2.45, 2.75) is 39.5 Å². The standard InChI is InChI=1S/C20H29N3O2S/c1-16-22-18(14-26-16)13-25-19-6-4-17(5-7-19)12-21-15-20(2,3)23-8-10-24-11-9-23/h4-7,14,21H,8-13,15H2,1-3H3. The van der Waals surface area contributed by atoms with Crippen molar-refractivity contribution < 1.29 is 9.47 Å². The van der Waals surface area contributed by atoms with Crippen LogP contribution >= 0.6 is 11.3 Å². The van der Waals surface area contributed by atoms with Gasteiger partial charge in [-0.25, -0.2) is 4.98 Å². The van der Waals surface area contributed by atoms with Gasteiger partial charge in [0, 0.05) is 37.1 Å². The Morgan fingerprint density at radius 1 is 1.23 bits per heavy atom. The number of hydrogen-bond acceptors (Lipinski definition) is 6. The summed E-state index contributed by atoms with van der Waals surface area (Å²) in [7, 11) is 0. The van der Waals surface area contributed by atoms with Gasteiger partial charge in [-0.05, 0) is 38.5 Å². The molecule has 2 aromatic rings. The first kappa shape index (κ1) is 19.3. The highest BCUT2D eigenvalue weighted by atomic mass is 32.1. The fourth-order valence-electron chi connectivity index (χ4n) is 3.13. The Morgan fingerprint density at radius 3 is 2.62 bits per heavy atom. The first-order valence-electron chi connectivity index (χ1n) is 9.19. The number of morpholine rings is 1. The van der Waals surface area contributed by atoms with Gasteiger partial charge in [0.25, 0.3) is 0 Å². The van der Waals surface area contributed by atoms with Gasteiger partial charge in [0.15, 0.2) is 0 Å². The van der Waals surface area contributed by atoms with Crippen molar-refractivity contribution >= 4 is 11.3 Å². The van der Waals surface area contributed by atoms with Crippen molar-refractivity contribution in [3.63, 3.8) is 0 Å². The van der Waals surface area contributed by atoms with Crippen LogP contribution < -0.4 is 10.1 Å². The first-order chi connectivity index (χ1) is 12.5. The second-order valence-corrected chi connectivity index (χ2v) is 8.37. The van der Waals surface area contributed by atoms with E-state index in [1.165, 1.54) is 5.56 Å². The number of rotatable bonds is 8. The number of aryl methyl sites for hydroxylation is 1. The summed E-state index contributed by atoms with van der Waals surface area (Å²) in [6.07, 6.45) is 0. The maximum absolute atomic E-state index is 5.80. The Morgan fingerprint density at radius 2 is 1.96 bits per heavy atom. The molecule has 0 amide bonds. The van der Waals surface area contributed by atoms with E-state index in [1.54, 1.807) is 11.3 Å². The normalized spacial score (nSPS) is 16.0. The Hall–Kier alpha value is -1.47. The molecule has 0 aliphatic carbocycles. The van der Waals surface area contributed by atoms with Crippen LogP contribution in [0.15, 0.2) is 29.6 Å². The van der Waals surface area contributed by atoms with E-state index in [9.17, 15) is 0 Å². The maximum atomic E-state index is 5.80. The van der Waals surface area contributed by atoms with Gasteiger partial charge >= 0.3 is 0 Å². The van der Waals surface area contributed by atoms with Crippen molar-refractivity contribution in [2.75, 3.05) is 32.8 Å². The summed E-state index contributed by atoms with van der Waals surface area (Å²) in [5, 5.41) is 6.71. The van der Waals surface area contributed by atoms with Gasteiger partial charge in [-0.15, -0.1) is 11.3 Å². The molecule has 0 saturated carbocycles. The van der Waals surface area contributed by atoms with E-state index in [0.717, 1.165) is 55.8 Å². The lowest BCUT2D eigenvalue weighted by molar-refractivity contribution is -0.00966. The molecule has 1 aromatic heterocycles. The molecule has 1 fully saturated rings. The molecule has 1 aliphatic rings. The van der Waals surface area contributed by atoms with Crippen LogP contribution in [0.4, 0.5) is 0 Å². The highest BCUT2D eigenvalue weighted by Gasteiger charge is 2.27. The van der Waals surface area contributed by atoms with Crippen LogP contribution in [0.1, 0.15) is 30.1 Å². The third-order valence-electron chi connectivity index (χ3n) is 4.73. The number of thiazole rings is 1. The van der Waals surface area contributed by atoms with Crippen LogP contribution in [0.5, 0.6) is 5.75 Å². The largest absolute Gasteiger partial charge is 0.487 e. The minimum absolute atomic E-state index is 0.137. The molecular weight excluding hydrogens is 346 g/mol. The predicted molar refractivity (Wildman–Crippen MR) is 106 cm³/mol. The zero-order valence-electron chi connectivity index (χ0n) is 16.0. The Bertz CT molecular complexity index is 679.